The zero-order valence-electron chi connectivity index (χ0n) is 25.3. The summed E-state index contributed by atoms with van der Waals surface area (Å²) in [6.45, 7) is 19.7. The van der Waals surface area contributed by atoms with Gasteiger partial charge in [0.25, 0.3) is 0 Å². The summed E-state index contributed by atoms with van der Waals surface area (Å²) in [7, 11) is 0. The van der Waals surface area contributed by atoms with Crippen molar-refractivity contribution in [3.8, 4) is 11.5 Å². The van der Waals surface area contributed by atoms with Crippen LogP contribution in [0.25, 0.3) is 0 Å². The summed E-state index contributed by atoms with van der Waals surface area (Å²) in [5.41, 5.74) is 6.02. The van der Waals surface area contributed by atoms with Gasteiger partial charge in [0.2, 0.25) is 0 Å². The Labute approximate surface area is 233 Å². The molecule has 0 amide bonds. The lowest BCUT2D eigenvalue weighted by Gasteiger charge is -2.25. The van der Waals surface area contributed by atoms with Crippen LogP contribution < -0.4 is 15.2 Å². The number of hydrogen-bond acceptors (Lipinski definition) is 9. The highest BCUT2D eigenvalue weighted by molar-refractivity contribution is 5.79. The molecular formula is C30H47NO8. The van der Waals surface area contributed by atoms with Gasteiger partial charge in [0.05, 0.1) is 17.3 Å². The first kappa shape index (κ1) is 34.1. The number of carbonyl (C=O) groups excluding carboxylic acids is 4. The molecule has 0 aliphatic rings. The van der Waals surface area contributed by atoms with E-state index in [-0.39, 0.29) is 41.6 Å². The first-order valence-electron chi connectivity index (χ1n) is 13.6. The molecule has 39 heavy (non-hydrogen) atoms. The van der Waals surface area contributed by atoms with Crippen molar-refractivity contribution >= 4 is 23.9 Å². The Hall–Kier alpha value is -2.94. The first-order valence-corrected chi connectivity index (χ1v) is 13.6. The van der Waals surface area contributed by atoms with Gasteiger partial charge in [-0.1, -0.05) is 47.6 Å². The molecule has 2 N–H and O–H groups in total. The molecule has 9 heteroatoms. The lowest BCUT2D eigenvalue weighted by Crippen LogP contribution is -2.40. The molecule has 0 aliphatic carbocycles. The van der Waals surface area contributed by atoms with Crippen molar-refractivity contribution in [3.63, 3.8) is 0 Å². The van der Waals surface area contributed by atoms with Crippen molar-refractivity contribution in [1.29, 1.82) is 0 Å². The van der Waals surface area contributed by atoms with Gasteiger partial charge in [-0.3, -0.25) is 19.2 Å². The van der Waals surface area contributed by atoms with Crippen molar-refractivity contribution in [2.75, 3.05) is 0 Å². The number of carbonyl (C=O) groups is 4. The van der Waals surface area contributed by atoms with Crippen LogP contribution in [-0.2, 0) is 35.1 Å². The highest BCUT2D eigenvalue weighted by Gasteiger charge is 2.30. The lowest BCUT2D eigenvalue weighted by molar-refractivity contribution is -0.171. The molecule has 0 spiro atoms. The van der Waals surface area contributed by atoms with Gasteiger partial charge in [0, 0.05) is 0 Å². The van der Waals surface area contributed by atoms with Crippen molar-refractivity contribution < 1.29 is 38.1 Å². The molecule has 1 aromatic carbocycles. The Balaban J connectivity index is 3.05. The first-order chi connectivity index (χ1) is 17.8. The maximum absolute atomic E-state index is 12.7. The SMILES string of the molecule is CC(C)C(C)C(=O)Oc1ccc(C[C@H](N)C(=O)O[C@@H](C)C(C)OC(=O)C(C)(C)C)cc1OC(=O)C(C)C(C)C. The van der Waals surface area contributed by atoms with Gasteiger partial charge in [-0.15, -0.1) is 0 Å². The number of hydrogen-bond donors (Lipinski definition) is 1. The van der Waals surface area contributed by atoms with Crippen LogP contribution >= 0.6 is 0 Å². The van der Waals surface area contributed by atoms with Gasteiger partial charge < -0.3 is 24.7 Å². The van der Waals surface area contributed by atoms with Gasteiger partial charge in [0.1, 0.15) is 18.2 Å². The third-order valence-corrected chi connectivity index (χ3v) is 6.80. The van der Waals surface area contributed by atoms with Crippen LogP contribution in [0.5, 0.6) is 11.5 Å². The van der Waals surface area contributed by atoms with E-state index in [0.717, 1.165) is 0 Å². The average Bonchev–Trinajstić information content (AvgIpc) is 2.83. The summed E-state index contributed by atoms with van der Waals surface area (Å²) in [6.07, 6.45) is -1.31. The van der Waals surface area contributed by atoms with E-state index in [1.165, 1.54) is 12.1 Å². The van der Waals surface area contributed by atoms with Gasteiger partial charge >= 0.3 is 23.9 Å². The molecule has 0 saturated heterocycles. The number of nitrogens with two attached hydrogens (primary N) is 1. The van der Waals surface area contributed by atoms with Crippen LogP contribution in [0.1, 0.15) is 81.7 Å². The number of benzene rings is 1. The molecule has 9 nitrogen and oxygen atoms in total. The largest absolute Gasteiger partial charge is 0.458 e. The predicted molar refractivity (Wildman–Crippen MR) is 148 cm³/mol. The van der Waals surface area contributed by atoms with Gasteiger partial charge in [-0.25, -0.2) is 0 Å². The minimum Gasteiger partial charge on any atom is -0.458 e. The smallest absolute Gasteiger partial charge is 0.323 e. The molecule has 5 atom stereocenters. The molecule has 1 aromatic rings. The maximum Gasteiger partial charge on any atom is 0.323 e. The van der Waals surface area contributed by atoms with E-state index in [1.54, 1.807) is 54.5 Å². The summed E-state index contributed by atoms with van der Waals surface area (Å²) in [4.78, 5) is 50.1. The average molecular weight is 550 g/mol. The molecule has 0 aliphatic heterocycles. The van der Waals surface area contributed by atoms with Crippen LogP contribution in [0.3, 0.4) is 0 Å². The fourth-order valence-corrected chi connectivity index (χ4v) is 2.94. The third kappa shape index (κ3) is 10.6. The molecule has 0 fully saturated rings. The molecular weight excluding hydrogens is 502 g/mol. The van der Waals surface area contributed by atoms with E-state index in [4.69, 9.17) is 24.7 Å². The number of rotatable bonds is 12. The summed E-state index contributed by atoms with van der Waals surface area (Å²) in [5, 5.41) is 0. The maximum atomic E-state index is 12.7. The fraction of sp³-hybridized carbons (Fsp3) is 0.667. The van der Waals surface area contributed by atoms with Crippen molar-refractivity contribution in [1.82, 2.24) is 0 Å². The van der Waals surface area contributed by atoms with Crippen LogP contribution in [0.2, 0.25) is 0 Å². The molecule has 1 rings (SSSR count). The van der Waals surface area contributed by atoms with Crippen LogP contribution in [0, 0.1) is 29.1 Å². The molecule has 0 saturated carbocycles. The number of ether oxygens (including phenoxy) is 4. The Bertz CT molecular complexity index is 1010. The molecule has 0 radical (unpaired) electrons. The van der Waals surface area contributed by atoms with E-state index in [0.29, 0.717) is 5.56 Å². The third-order valence-electron chi connectivity index (χ3n) is 6.80. The van der Waals surface area contributed by atoms with E-state index >= 15 is 0 Å². The Kier molecular flexibility index (Phi) is 12.6. The van der Waals surface area contributed by atoms with Gasteiger partial charge in [-0.05, 0) is 70.6 Å². The van der Waals surface area contributed by atoms with Crippen LogP contribution in [-0.4, -0.2) is 42.1 Å². The van der Waals surface area contributed by atoms with E-state index < -0.39 is 47.5 Å². The van der Waals surface area contributed by atoms with Crippen LogP contribution in [0.15, 0.2) is 18.2 Å². The molecule has 3 unspecified atom stereocenters. The standard InChI is InChI=1S/C30H47NO8/c1-16(2)18(5)26(32)38-24-13-12-22(15-25(24)39-27(33)19(6)17(3)4)14-23(31)28(34)36-20(7)21(8)37-29(35)30(9,10)11/h12-13,15-21,23H,14,31H2,1-11H3/t18?,19?,20-,21?,23-/m0/s1. The van der Waals surface area contributed by atoms with Gasteiger partial charge in [-0.2, -0.15) is 0 Å². The Morgan fingerprint density at radius 1 is 0.718 bits per heavy atom. The fourth-order valence-electron chi connectivity index (χ4n) is 2.94. The highest BCUT2D eigenvalue weighted by atomic mass is 16.6. The Morgan fingerprint density at radius 2 is 1.18 bits per heavy atom. The van der Waals surface area contributed by atoms with E-state index in [1.807, 2.05) is 27.7 Å². The summed E-state index contributed by atoms with van der Waals surface area (Å²) >= 11 is 0. The van der Waals surface area contributed by atoms with Crippen molar-refractivity contribution in [3.05, 3.63) is 23.8 Å². The second-order valence-corrected chi connectivity index (χ2v) is 12.0. The predicted octanol–water partition coefficient (Wildman–Crippen LogP) is 4.86. The van der Waals surface area contributed by atoms with Crippen molar-refractivity contribution in [2.45, 2.75) is 101 Å². The molecule has 0 heterocycles. The molecule has 220 valence electrons. The van der Waals surface area contributed by atoms with E-state index in [2.05, 4.69) is 0 Å². The second kappa shape index (κ2) is 14.4. The zero-order valence-corrected chi connectivity index (χ0v) is 25.3. The number of esters is 4. The highest BCUT2D eigenvalue weighted by Crippen LogP contribution is 2.31. The Morgan fingerprint density at radius 3 is 1.64 bits per heavy atom. The lowest BCUT2D eigenvalue weighted by atomic mass is 9.97. The second-order valence-electron chi connectivity index (χ2n) is 12.0. The molecule has 0 bridgehead atoms. The van der Waals surface area contributed by atoms with Gasteiger partial charge in [0.15, 0.2) is 11.5 Å². The van der Waals surface area contributed by atoms with E-state index in [9.17, 15) is 19.2 Å². The minimum atomic E-state index is -1.04. The summed E-state index contributed by atoms with van der Waals surface area (Å²) < 4.78 is 22.0. The summed E-state index contributed by atoms with van der Waals surface area (Å²) in [6, 6.07) is 3.68. The monoisotopic (exact) mass is 549 g/mol. The topological polar surface area (TPSA) is 131 Å². The quantitative estimate of drug-likeness (QED) is 0.287. The van der Waals surface area contributed by atoms with Crippen molar-refractivity contribution in [2.24, 2.45) is 34.8 Å². The molecule has 0 aromatic heterocycles. The summed E-state index contributed by atoms with van der Waals surface area (Å²) in [5.74, 6) is -2.44. The van der Waals surface area contributed by atoms with Crippen LogP contribution in [0.4, 0.5) is 0 Å². The zero-order chi connectivity index (χ0) is 30.2. The normalized spacial score (nSPS) is 15.6. The minimum absolute atomic E-state index is 0.0443.